The fourth-order valence-electron chi connectivity index (χ4n) is 2.52. The van der Waals surface area contributed by atoms with Crippen molar-refractivity contribution in [1.82, 2.24) is 9.97 Å². The van der Waals surface area contributed by atoms with Gasteiger partial charge in [0.15, 0.2) is 0 Å². The summed E-state index contributed by atoms with van der Waals surface area (Å²) in [4.78, 5) is 18.5. The van der Waals surface area contributed by atoms with Crippen LogP contribution in [0, 0.1) is 6.92 Å². The first kappa shape index (κ1) is 14.3. The molecule has 1 aromatic heterocycles. The summed E-state index contributed by atoms with van der Waals surface area (Å²) in [7, 11) is 1.62. The lowest BCUT2D eigenvalue weighted by molar-refractivity contribution is 0.185. The molecular formula is C17H15N2O3. The second-order valence-corrected chi connectivity index (χ2v) is 5.05. The van der Waals surface area contributed by atoms with Crippen LogP contribution in [0.3, 0.4) is 0 Å². The molecule has 0 spiro atoms. The van der Waals surface area contributed by atoms with Gasteiger partial charge in [-0.05, 0) is 41.3 Å². The predicted molar refractivity (Wildman–Crippen MR) is 84.6 cm³/mol. The molecule has 5 heteroatoms. The van der Waals surface area contributed by atoms with Crippen LogP contribution in [-0.2, 0) is 11.3 Å². The maximum absolute atomic E-state index is 11.9. The van der Waals surface area contributed by atoms with Crippen molar-refractivity contribution in [2.24, 2.45) is 0 Å². The number of aromatic nitrogens is 2. The lowest BCUT2D eigenvalue weighted by atomic mass is 9.97. The maximum Gasteiger partial charge on any atom is 0.258 e. The van der Waals surface area contributed by atoms with Crippen molar-refractivity contribution < 1.29 is 9.84 Å². The molecule has 3 rings (SSSR count). The van der Waals surface area contributed by atoms with Crippen LogP contribution in [0.15, 0.2) is 41.5 Å². The van der Waals surface area contributed by atoms with E-state index < -0.39 is 0 Å². The summed E-state index contributed by atoms with van der Waals surface area (Å²) in [6.07, 6.45) is 1.28. The number of H-pyrrole nitrogens is 1. The first-order valence-corrected chi connectivity index (χ1v) is 6.74. The number of aromatic hydroxyl groups is 1. The molecule has 0 atom stereocenters. The number of methoxy groups -OCH3 is 1. The number of nitrogens with one attached hydrogen (secondary N) is 1. The van der Waals surface area contributed by atoms with Gasteiger partial charge in [-0.15, -0.1) is 0 Å². The van der Waals surface area contributed by atoms with E-state index in [0.29, 0.717) is 12.0 Å². The Balaban J connectivity index is 2.27. The molecule has 3 aromatic rings. The Kier molecular flexibility index (Phi) is 3.65. The Bertz CT molecular complexity index is 900. The second kappa shape index (κ2) is 5.61. The number of fused-ring (bicyclic) bond motifs is 1. The normalized spacial score (nSPS) is 11.0. The second-order valence-electron chi connectivity index (χ2n) is 5.05. The number of hydrogen-bond acceptors (Lipinski definition) is 4. The number of phenols is 1. The van der Waals surface area contributed by atoms with Crippen LogP contribution in [0.2, 0.25) is 0 Å². The molecule has 0 bridgehead atoms. The number of rotatable bonds is 3. The average molecular weight is 295 g/mol. The third kappa shape index (κ3) is 2.46. The molecule has 2 aromatic carbocycles. The van der Waals surface area contributed by atoms with Gasteiger partial charge in [-0.2, -0.15) is 0 Å². The molecule has 1 radical (unpaired) electrons. The van der Waals surface area contributed by atoms with Gasteiger partial charge in [-0.3, -0.25) is 4.79 Å². The minimum atomic E-state index is -0.288. The van der Waals surface area contributed by atoms with Gasteiger partial charge in [0.05, 0.1) is 18.3 Å². The van der Waals surface area contributed by atoms with E-state index in [2.05, 4.69) is 16.9 Å². The van der Waals surface area contributed by atoms with Gasteiger partial charge in [-0.1, -0.05) is 18.2 Å². The van der Waals surface area contributed by atoms with E-state index >= 15 is 0 Å². The van der Waals surface area contributed by atoms with Gasteiger partial charge in [0.2, 0.25) is 0 Å². The summed E-state index contributed by atoms with van der Waals surface area (Å²) in [6, 6.07) is 9.03. The Morgan fingerprint density at radius 1 is 1.32 bits per heavy atom. The van der Waals surface area contributed by atoms with Gasteiger partial charge < -0.3 is 14.8 Å². The van der Waals surface area contributed by atoms with Crippen molar-refractivity contribution in [2.45, 2.75) is 6.61 Å². The highest BCUT2D eigenvalue weighted by molar-refractivity contribution is 5.89. The summed E-state index contributed by atoms with van der Waals surface area (Å²) in [5, 5.41) is 10.5. The monoisotopic (exact) mass is 295 g/mol. The van der Waals surface area contributed by atoms with Crippen LogP contribution >= 0.6 is 0 Å². The van der Waals surface area contributed by atoms with E-state index in [1.165, 1.54) is 6.33 Å². The average Bonchev–Trinajstić information content (AvgIpc) is 2.49. The Hall–Kier alpha value is -2.66. The van der Waals surface area contributed by atoms with Crippen molar-refractivity contribution in [1.29, 1.82) is 0 Å². The number of nitrogens with zero attached hydrogens (tertiary/aromatic N) is 1. The molecule has 0 saturated carbocycles. The van der Waals surface area contributed by atoms with Gasteiger partial charge in [0, 0.05) is 7.11 Å². The highest BCUT2D eigenvalue weighted by Crippen LogP contribution is 2.31. The SMILES string of the molecule is [CH2]c1ccc(-c2cc(O)c3nc[nH]c(=O)c3c2)c(COC)c1. The summed E-state index contributed by atoms with van der Waals surface area (Å²) in [5.74, 6) is -0.0272. The highest BCUT2D eigenvalue weighted by Gasteiger charge is 2.11. The van der Waals surface area contributed by atoms with Gasteiger partial charge >= 0.3 is 0 Å². The topological polar surface area (TPSA) is 75.2 Å². The number of benzene rings is 2. The quantitative estimate of drug-likeness (QED) is 0.779. The molecule has 0 aliphatic carbocycles. The molecule has 0 amide bonds. The first-order chi connectivity index (χ1) is 10.6. The van der Waals surface area contributed by atoms with Crippen molar-refractivity contribution in [3.63, 3.8) is 0 Å². The smallest absolute Gasteiger partial charge is 0.258 e. The zero-order valence-corrected chi connectivity index (χ0v) is 12.1. The van der Waals surface area contributed by atoms with Crippen molar-refractivity contribution in [3.8, 4) is 16.9 Å². The van der Waals surface area contributed by atoms with Crippen LogP contribution in [-0.4, -0.2) is 22.2 Å². The molecule has 111 valence electrons. The molecule has 0 fully saturated rings. The molecule has 0 aliphatic heterocycles. The molecule has 0 saturated heterocycles. The van der Waals surface area contributed by atoms with E-state index in [-0.39, 0.29) is 16.8 Å². The van der Waals surface area contributed by atoms with E-state index in [1.54, 1.807) is 19.2 Å². The molecule has 22 heavy (non-hydrogen) atoms. The van der Waals surface area contributed by atoms with Crippen molar-refractivity contribution >= 4 is 10.9 Å². The minimum Gasteiger partial charge on any atom is -0.506 e. The summed E-state index contributed by atoms with van der Waals surface area (Å²) in [5.41, 5.74) is 3.43. The van der Waals surface area contributed by atoms with E-state index in [0.717, 1.165) is 22.3 Å². The van der Waals surface area contributed by atoms with E-state index in [1.807, 2.05) is 18.2 Å². The Morgan fingerprint density at radius 2 is 2.14 bits per heavy atom. The lowest BCUT2D eigenvalue weighted by Gasteiger charge is -2.11. The van der Waals surface area contributed by atoms with Gasteiger partial charge in [-0.25, -0.2) is 4.98 Å². The molecule has 5 nitrogen and oxygen atoms in total. The molecule has 2 N–H and O–H groups in total. The third-order valence-corrected chi connectivity index (χ3v) is 3.50. The molecule has 0 unspecified atom stereocenters. The Labute approximate surface area is 127 Å². The molecule has 1 heterocycles. The third-order valence-electron chi connectivity index (χ3n) is 3.50. The minimum absolute atomic E-state index is 0.0272. The number of hydrogen-bond donors (Lipinski definition) is 2. The summed E-state index contributed by atoms with van der Waals surface area (Å²) >= 11 is 0. The van der Waals surface area contributed by atoms with Crippen LogP contribution in [0.5, 0.6) is 5.75 Å². The van der Waals surface area contributed by atoms with Crippen molar-refractivity contribution in [3.05, 3.63) is 65.1 Å². The zero-order valence-electron chi connectivity index (χ0n) is 12.1. The van der Waals surface area contributed by atoms with Crippen LogP contribution < -0.4 is 5.56 Å². The van der Waals surface area contributed by atoms with Crippen LogP contribution in [0.25, 0.3) is 22.0 Å². The van der Waals surface area contributed by atoms with Crippen LogP contribution in [0.1, 0.15) is 11.1 Å². The van der Waals surface area contributed by atoms with Crippen molar-refractivity contribution in [2.75, 3.05) is 7.11 Å². The van der Waals surface area contributed by atoms with Crippen LogP contribution in [0.4, 0.5) is 0 Å². The number of aromatic amines is 1. The molecular weight excluding hydrogens is 280 g/mol. The predicted octanol–water partition coefficient (Wildman–Crippen LogP) is 2.62. The highest BCUT2D eigenvalue weighted by atomic mass is 16.5. The number of phenolic OH excluding ortho intramolecular Hbond substituents is 1. The zero-order chi connectivity index (χ0) is 15.7. The lowest BCUT2D eigenvalue weighted by Crippen LogP contribution is -2.06. The fraction of sp³-hybridized carbons (Fsp3) is 0.118. The summed E-state index contributed by atoms with van der Waals surface area (Å²) < 4.78 is 5.22. The Morgan fingerprint density at radius 3 is 2.91 bits per heavy atom. The van der Waals surface area contributed by atoms with E-state index in [4.69, 9.17) is 4.74 Å². The largest absolute Gasteiger partial charge is 0.506 e. The van der Waals surface area contributed by atoms with E-state index in [9.17, 15) is 9.90 Å². The standard InChI is InChI=1S/C17H15N2O3/c1-10-3-4-13(12(5-10)8-22-2)11-6-14-16(15(20)7-11)18-9-19-17(14)21/h3-7,9,20H,1,8H2,2H3,(H,18,19,21). The molecule has 0 aliphatic rings. The number of ether oxygens (including phenoxy) is 1. The fourth-order valence-corrected chi connectivity index (χ4v) is 2.52. The maximum atomic E-state index is 11.9. The van der Waals surface area contributed by atoms with Gasteiger partial charge in [0.1, 0.15) is 11.3 Å². The summed E-state index contributed by atoms with van der Waals surface area (Å²) in [6.45, 7) is 4.33. The van der Waals surface area contributed by atoms with Gasteiger partial charge in [0.25, 0.3) is 5.56 Å². The first-order valence-electron chi connectivity index (χ1n) is 6.74.